The van der Waals surface area contributed by atoms with Gasteiger partial charge in [-0.2, -0.15) is 0 Å². The number of rotatable bonds is 5. The second kappa shape index (κ2) is 6.83. The summed E-state index contributed by atoms with van der Waals surface area (Å²) in [5.74, 6) is -0.103. The average Bonchev–Trinajstić information content (AvgIpc) is 2.27. The van der Waals surface area contributed by atoms with E-state index in [9.17, 15) is 4.79 Å². The molecular formula is C11H23N3O2. The Hall–Kier alpha value is -0.650. The molecule has 1 unspecified atom stereocenters. The van der Waals surface area contributed by atoms with Crippen LogP contribution in [0.5, 0.6) is 0 Å². The van der Waals surface area contributed by atoms with Crippen molar-refractivity contribution in [2.45, 2.75) is 13.0 Å². The van der Waals surface area contributed by atoms with E-state index in [1.165, 1.54) is 0 Å². The van der Waals surface area contributed by atoms with Gasteiger partial charge in [0, 0.05) is 32.7 Å². The zero-order chi connectivity index (χ0) is 12.0. The number of ether oxygens (including phenoxy) is 1. The molecule has 1 N–H and O–H groups in total. The lowest BCUT2D eigenvalue weighted by atomic mass is 10.2. The van der Waals surface area contributed by atoms with Gasteiger partial charge in [0.1, 0.15) is 6.04 Å². The summed E-state index contributed by atoms with van der Waals surface area (Å²) in [6.45, 7) is 6.75. The minimum Gasteiger partial charge on any atom is -0.465 e. The maximum absolute atomic E-state index is 11.7. The zero-order valence-corrected chi connectivity index (χ0v) is 10.5. The highest BCUT2D eigenvalue weighted by Crippen LogP contribution is 2.05. The molecule has 1 fully saturated rings. The predicted octanol–water partition coefficient (Wildman–Crippen LogP) is -0.615. The monoisotopic (exact) mass is 229 g/mol. The molecule has 1 atom stereocenters. The van der Waals surface area contributed by atoms with Crippen molar-refractivity contribution in [2.75, 3.05) is 53.4 Å². The van der Waals surface area contributed by atoms with Crippen molar-refractivity contribution in [1.29, 1.82) is 0 Å². The van der Waals surface area contributed by atoms with E-state index in [0.717, 1.165) is 26.2 Å². The predicted molar refractivity (Wildman–Crippen MR) is 63.4 cm³/mol. The lowest BCUT2D eigenvalue weighted by molar-refractivity contribution is -0.150. The summed E-state index contributed by atoms with van der Waals surface area (Å²) in [4.78, 5) is 16.1. The maximum Gasteiger partial charge on any atom is 0.324 e. The lowest BCUT2D eigenvalue weighted by Crippen LogP contribution is -2.56. The van der Waals surface area contributed by atoms with Crippen molar-refractivity contribution in [3.8, 4) is 0 Å². The first-order valence-electron chi connectivity index (χ1n) is 5.91. The van der Waals surface area contributed by atoms with Crippen LogP contribution in [0.4, 0.5) is 0 Å². The standard InChI is InChI=1S/C11H23N3O2/c1-4-16-11(15)10-9-12-5-6-14(10)8-7-13(2)3/h10,12H,4-9H2,1-3H3. The van der Waals surface area contributed by atoms with Crippen molar-refractivity contribution in [1.82, 2.24) is 15.1 Å². The van der Waals surface area contributed by atoms with Gasteiger partial charge < -0.3 is 15.0 Å². The van der Waals surface area contributed by atoms with Gasteiger partial charge >= 0.3 is 5.97 Å². The topological polar surface area (TPSA) is 44.8 Å². The van der Waals surface area contributed by atoms with E-state index < -0.39 is 0 Å². The summed E-state index contributed by atoms with van der Waals surface area (Å²) >= 11 is 0. The van der Waals surface area contributed by atoms with Gasteiger partial charge in [-0.05, 0) is 21.0 Å². The molecule has 16 heavy (non-hydrogen) atoms. The molecule has 1 rings (SSSR count). The third kappa shape index (κ3) is 4.08. The molecule has 0 bridgehead atoms. The molecule has 0 aliphatic carbocycles. The molecule has 0 amide bonds. The van der Waals surface area contributed by atoms with Crippen molar-refractivity contribution in [3.63, 3.8) is 0 Å². The van der Waals surface area contributed by atoms with Crippen LogP contribution in [0.2, 0.25) is 0 Å². The Balaban J connectivity index is 2.46. The Morgan fingerprint density at radius 2 is 2.31 bits per heavy atom. The van der Waals surface area contributed by atoms with Crippen LogP contribution in [0.1, 0.15) is 6.92 Å². The van der Waals surface area contributed by atoms with Crippen LogP contribution in [0.3, 0.4) is 0 Å². The molecule has 0 saturated carbocycles. The molecule has 1 aliphatic heterocycles. The van der Waals surface area contributed by atoms with Gasteiger partial charge in [-0.25, -0.2) is 0 Å². The molecule has 94 valence electrons. The van der Waals surface area contributed by atoms with Crippen LogP contribution in [0.25, 0.3) is 0 Å². The highest BCUT2D eigenvalue weighted by atomic mass is 16.5. The Morgan fingerprint density at radius 3 is 2.94 bits per heavy atom. The molecule has 1 aliphatic rings. The second-order valence-corrected chi connectivity index (χ2v) is 4.31. The number of nitrogens with zero attached hydrogens (tertiary/aromatic N) is 2. The van der Waals surface area contributed by atoms with E-state index in [2.05, 4.69) is 15.1 Å². The number of nitrogens with one attached hydrogen (secondary N) is 1. The smallest absolute Gasteiger partial charge is 0.324 e. The summed E-state index contributed by atoms with van der Waals surface area (Å²) in [5, 5.41) is 3.24. The summed E-state index contributed by atoms with van der Waals surface area (Å²) in [6.07, 6.45) is 0. The van der Waals surface area contributed by atoms with Crippen LogP contribution in [0, 0.1) is 0 Å². The Morgan fingerprint density at radius 1 is 1.56 bits per heavy atom. The van der Waals surface area contributed by atoms with Gasteiger partial charge in [0.25, 0.3) is 0 Å². The number of carbonyl (C=O) groups excluding carboxylic acids is 1. The number of esters is 1. The van der Waals surface area contributed by atoms with E-state index >= 15 is 0 Å². The fourth-order valence-electron chi connectivity index (χ4n) is 1.81. The number of hydrogen-bond donors (Lipinski definition) is 1. The van der Waals surface area contributed by atoms with Crippen molar-refractivity contribution < 1.29 is 9.53 Å². The molecule has 5 heteroatoms. The van der Waals surface area contributed by atoms with Crippen LogP contribution >= 0.6 is 0 Å². The first-order chi connectivity index (χ1) is 7.65. The first kappa shape index (κ1) is 13.4. The largest absolute Gasteiger partial charge is 0.465 e. The molecule has 0 radical (unpaired) electrons. The third-order valence-electron chi connectivity index (χ3n) is 2.75. The normalized spacial score (nSPS) is 22.4. The Kier molecular flexibility index (Phi) is 5.73. The minimum absolute atomic E-state index is 0.103. The average molecular weight is 229 g/mol. The maximum atomic E-state index is 11.7. The molecule has 0 aromatic carbocycles. The molecule has 1 saturated heterocycles. The fourth-order valence-corrected chi connectivity index (χ4v) is 1.81. The summed E-state index contributed by atoms with van der Waals surface area (Å²) in [5.41, 5.74) is 0. The summed E-state index contributed by atoms with van der Waals surface area (Å²) in [6, 6.07) is -0.117. The van der Waals surface area contributed by atoms with Crippen LogP contribution < -0.4 is 5.32 Å². The highest BCUT2D eigenvalue weighted by molar-refractivity contribution is 5.76. The van der Waals surface area contributed by atoms with Gasteiger partial charge in [0.15, 0.2) is 0 Å². The molecule has 0 aromatic heterocycles. The lowest BCUT2D eigenvalue weighted by Gasteiger charge is -2.34. The van der Waals surface area contributed by atoms with Gasteiger partial charge in [0.05, 0.1) is 6.61 Å². The van der Waals surface area contributed by atoms with Crippen LogP contribution in [-0.2, 0) is 9.53 Å². The van der Waals surface area contributed by atoms with E-state index in [1.807, 2.05) is 21.0 Å². The van der Waals surface area contributed by atoms with E-state index in [0.29, 0.717) is 13.2 Å². The molecular weight excluding hydrogens is 206 g/mol. The minimum atomic E-state index is -0.117. The van der Waals surface area contributed by atoms with Gasteiger partial charge in [-0.15, -0.1) is 0 Å². The molecule has 0 aromatic rings. The van der Waals surface area contributed by atoms with Gasteiger partial charge in [-0.1, -0.05) is 0 Å². The SMILES string of the molecule is CCOC(=O)C1CNCCN1CCN(C)C. The number of likely N-dealkylation sites (N-methyl/N-ethyl adjacent to an activating group) is 1. The number of hydrogen-bond acceptors (Lipinski definition) is 5. The van der Waals surface area contributed by atoms with Crippen molar-refractivity contribution in [3.05, 3.63) is 0 Å². The first-order valence-corrected chi connectivity index (χ1v) is 5.91. The molecule has 1 heterocycles. The quantitative estimate of drug-likeness (QED) is 0.637. The van der Waals surface area contributed by atoms with Crippen LogP contribution in [-0.4, -0.2) is 75.2 Å². The third-order valence-corrected chi connectivity index (χ3v) is 2.75. The number of piperazine rings is 1. The molecule has 5 nitrogen and oxygen atoms in total. The van der Waals surface area contributed by atoms with E-state index in [1.54, 1.807) is 0 Å². The highest BCUT2D eigenvalue weighted by Gasteiger charge is 2.29. The number of carbonyl (C=O) groups is 1. The molecule has 0 spiro atoms. The van der Waals surface area contributed by atoms with E-state index in [-0.39, 0.29) is 12.0 Å². The second-order valence-electron chi connectivity index (χ2n) is 4.31. The van der Waals surface area contributed by atoms with Crippen molar-refractivity contribution >= 4 is 5.97 Å². The van der Waals surface area contributed by atoms with E-state index in [4.69, 9.17) is 4.74 Å². The Labute approximate surface area is 97.7 Å². The van der Waals surface area contributed by atoms with Crippen LogP contribution in [0.15, 0.2) is 0 Å². The van der Waals surface area contributed by atoms with Gasteiger partial charge in [-0.3, -0.25) is 9.69 Å². The summed E-state index contributed by atoms with van der Waals surface area (Å²) < 4.78 is 5.08. The van der Waals surface area contributed by atoms with Crippen molar-refractivity contribution in [2.24, 2.45) is 0 Å². The zero-order valence-electron chi connectivity index (χ0n) is 10.5. The summed E-state index contributed by atoms with van der Waals surface area (Å²) in [7, 11) is 4.09. The Bertz CT molecular complexity index is 221. The van der Waals surface area contributed by atoms with Gasteiger partial charge in [0.2, 0.25) is 0 Å². The fraction of sp³-hybridized carbons (Fsp3) is 0.909.